The minimum absolute atomic E-state index is 0.254. The predicted octanol–water partition coefficient (Wildman–Crippen LogP) is 3.01. The summed E-state index contributed by atoms with van der Waals surface area (Å²) in [4.78, 5) is 22.2. The van der Waals surface area contributed by atoms with Gasteiger partial charge in [-0.2, -0.15) is 0 Å². The molecule has 0 radical (unpaired) electrons. The van der Waals surface area contributed by atoms with Gasteiger partial charge >= 0.3 is 5.97 Å². The van der Waals surface area contributed by atoms with Crippen LogP contribution in [0, 0.1) is 0 Å². The van der Waals surface area contributed by atoms with Crippen molar-refractivity contribution in [1.82, 2.24) is 4.57 Å². The molecular formula is C13H9BrClNO3. The molecule has 0 bridgehead atoms. The van der Waals surface area contributed by atoms with E-state index in [0.29, 0.717) is 11.6 Å². The van der Waals surface area contributed by atoms with E-state index < -0.39 is 11.4 Å². The van der Waals surface area contributed by atoms with Crippen molar-refractivity contribution in [3.8, 4) is 0 Å². The molecule has 0 amide bonds. The molecule has 1 aromatic carbocycles. The number of hydrogen-bond acceptors (Lipinski definition) is 2. The van der Waals surface area contributed by atoms with Crippen molar-refractivity contribution >= 4 is 33.5 Å². The molecule has 98 valence electrons. The highest BCUT2D eigenvalue weighted by Crippen LogP contribution is 2.22. The predicted molar refractivity (Wildman–Crippen MR) is 75.9 cm³/mol. The first kappa shape index (κ1) is 13.8. The number of carboxylic acid groups (broad SMARTS) is 1. The monoisotopic (exact) mass is 341 g/mol. The van der Waals surface area contributed by atoms with Crippen LogP contribution >= 0.6 is 27.5 Å². The van der Waals surface area contributed by atoms with Gasteiger partial charge in [0.2, 0.25) is 0 Å². The third kappa shape index (κ3) is 3.24. The van der Waals surface area contributed by atoms with E-state index >= 15 is 0 Å². The third-order valence-electron chi connectivity index (χ3n) is 2.58. The number of nitrogens with zero attached hydrogens (tertiary/aromatic N) is 1. The van der Waals surface area contributed by atoms with E-state index in [1.54, 1.807) is 10.6 Å². The molecule has 0 spiro atoms. The summed E-state index contributed by atoms with van der Waals surface area (Å²) in [5.74, 6) is -1.23. The smallest absolute Gasteiger partial charge is 0.341 e. The molecule has 2 rings (SSSR count). The van der Waals surface area contributed by atoms with Gasteiger partial charge in [-0.25, -0.2) is 4.79 Å². The fraction of sp³-hybridized carbons (Fsp3) is 0.0769. The highest BCUT2D eigenvalue weighted by Gasteiger charge is 2.09. The van der Waals surface area contributed by atoms with Gasteiger partial charge in [0.05, 0.1) is 0 Å². The lowest BCUT2D eigenvalue weighted by atomic mass is 10.2. The Hall–Kier alpha value is -1.59. The van der Waals surface area contributed by atoms with Crippen LogP contribution < -0.4 is 5.43 Å². The summed E-state index contributed by atoms with van der Waals surface area (Å²) >= 11 is 9.40. The topological polar surface area (TPSA) is 59.3 Å². The van der Waals surface area contributed by atoms with Crippen molar-refractivity contribution in [2.45, 2.75) is 6.54 Å². The molecule has 0 saturated heterocycles. The summed E-state index contributed by atoms with van der Waals surface area (Å²) in [6, 6.07) is 6.68. The molecule has 0 aliphatic carbocycles. The summed E-state index contributed by atoms with van der Waals surface area (Å²) in [7, 11) is 0. The number of aromatic nitrogens is 1. The zero-order valence-corrected chi connectivity index (χ0v) is 12.0. The van der Waals surface area contributed by atoms with E-state index in [1.165, 1.54) is 18.5 Å². The maximum Gasteiger partial charge on any atom is 0.341 e. The van der Waals surface area contributed by atoms with Crippen molar-refractivity contribution in [3.05, 3.63) is 67.5 Å². The number of hydrogen-bond donors (Lipinski definition) is 1. The Morgan fingerprint density at radius 1 is 1.37 bits per heavy atom. The SMILES string of the molecule is O=C(O)c1cn(Cc2ccc(Br)cc2Cl)ccc1=O. The molecule has 0 fully saturated rings. The first-order valence-corrected chi connectivity index (χ1v) is 6.52. The molecular weight excluding hydrogens is 334 g/mol. The number of halogens is 2. The lowest BCUT2D eigenvalue weighted by molar-refractivity contribution is 0.0694. The molecule has 0 aliphatic rings. The Labute approximate surface area is 122 Å². The van der Waals surface area contributed by atoms with E-state index in [-0.39, 0.29) is 5.56 Å². The minimum Gasteiger partial charge on any atom is -0.477 e. The van der Waals surface area contributed by atoms with Crippen LogP contribution in [-0.2, 0) is 6.54 Å². The molecule has 0 saturated carbocycles. The zero-order valence-electron chi connectivity index (χ0n) is 9.64. The average Bonchev–Trinajstić information content (AvgIpc) is 2.34. The van der Waals surface area contributed by atoms with E-state index in [2.05, 4.69) is 15.9 Å². The Bertz CT molecular complexity index is 697. The molecule has 1 N–H and O–H groups in total. The van der Waals surface area contributed by atoms with Gasteiger partial charge in [0.1, 0.15) is 5.56 Å². The van der Waals surface area contributed by atoms with Crippen LogP contribution in [0.1, 0.15) is 15.9 Å². The Morgan fingerprint density at radius 3 is 2.74 bits per heavy atom. The number of rotatable bonds is 3. The highest BCUT2D eigenvalue weighted by molar-refractivity contribution is 9.10. The summed E-state index contributed by atoms with van der Waals surface area (Å²) in [6.45, 7) is 0.396. The van der Waals surface area contributed by atoms with Gasteiger partial charge in [-0.1, -0.05) is 33.6 Å². The van der Waals surface area contributed by atoms with E-state index in [9.17, 15) is 9.59 Å². The number of aromatic carboxylic acids is 1. The number of carboxylic acids is 1. The fourth-order valence-corrected chi connectivity index (χ4v) is 2.36. The molecule has 0 aliphatic heterocycles. The Balaban J connectivity index is 2.36. The summed E-state index contributed by atoms with van der Waals surface area (Å²) in [6.07, 6.45) is 2.84. The summed E-state index contributed by atoms with van der Waals surface area (Å²) < 4.78 is 2.48. The van der Waals surface area contributed by atoms with E-state index in [0.717, 1.165) is 10.0 Å². The van der Waals surface area contributed by atoms with Crippen LogP contribution in [0.4, 0.5) is 0 Å². The highest BCUT2D eigenvalue weighted by atomic mass is 79.9. The van der Waals surface area contributed by atoms with Gasteiger partial charge in [0, 0.05) is 34.5 Å². The second-order valence-electron chi connectivity index (χ2n) is 3.94. The second kappa shape index (κ2) is 5.59. The number of pyridine rings is 1. The van der Waals surface area contributed by atoms with Crippen LogP contribution in [0.25, 0.3) is 0 Å². The van der Waals surface area contributed by atoms with Crippen LogP contribution in [0.5, 0.6) is 0 Å². The van der Waals surface area contributed by atoms with Gasteiger partial charge in [0.25, 0.3) is 0 Å². The van der Waals surface area contributed by atoms with Crippen LogP contribution in [0.15, 0.2) is 45.9 Å². The molecule has 19 heavy (non-hydrogen) atoms. The zero-order chi connectivity index (χ0) is 14.0. The Kier molecular flexibility index (Phi) is 4.07. The van der Waals surface area contributed by atoms with Gasteiger partial charge in [-0.3, -0.25) is 4.79 Å². The molecule has 0 unspecified atom stereocenters. The maximum atomic E-state index is 11.4. The van der Waals surface area contributed by atoms with E-state index in [4.69, 9.17) is 16.7 Å². The van der Waals surface area contributed by atoms with Crippen LogP contribution in [0.3, 0.4) is 0 Å². The minimum atomic E-state index is -1.23. The normalized spacial score (nSPS) is 10.4. The third-order valence-corrected chi connectivity index (χ3v) is 3.42. The summed E-state index contributed by atoms with van der Waals surface area (Å²) in [5.41, 5.74) is 0.0752. The number of benzene rings is 1. The standard InChI is InChI=1S/C13H9BrClNO3/c14-9-2-1-8(11(15)5-9)6-16-4-3-12(17)10(7-16)13(18)19/h1-5,7H,6H2,(H,18,19). The van der Waals surface area contributed by atoms with Gasteiger partial charge in [-0.15, -0.1) is 0 Å². The van der Waals surface area contributed by atoms with Crippen LogP contribution in [0.2, 0.25) is 5.02 Å². The van der Waals surface area contributed by atoms with E-state index in [1.807, 2.05) is 12.1 Å². The molecule has 1 aromatic heterocycles. The average molecular weight is 343 g/mol. The summed E-state index contributed by atoms with van der Waals surface area (Å²) in [5, 5.41) is 9.48. The largest absolute Gasteiger partial charge is 0.477 e. The lowest BCUT2D eigenvalue weighted by Crippen LogP contribution is -2.16. The van der Waals surface area contributed by atoms with Crippen molar-refractivity contribution < 1.29 is 9.90 Å². The first-order valence-electron chi connectivity index (χ1n) is 5.34. The Morgan fingerprint density at radius 2 is 2.11 bits per heavy atom. The quantitative estimate of drug-likeness (QED) is 0.933. The van der Waals surface area contributed by atoms with Gasteiger partial charge in [0.15, 0.2) is 5.43 Å². The van der Waals surface area contributed by atoms with Crippen molar-refractivity contribution in [3.63, 3.8) is 0 Å². The van der Waals surface area contributed by atoms with Crippen LogP contribution in [-0.4, -0.2) is 15.6 Å². The molecule has 1 heterocycles. The molecule has 2 aromatic rings. The van der Waals surface area contributed by atoms with Crippen molar-refractivity contribution in [1.29, 1.82) is 0 Å². The lowest BCUT2D eigenvalue weighted by Gasteiger charge is -2.09. The number of carbonyl (C=O) groups is 1. The molecule has 4 nitrogen and oxygen atoms in total. The van der Waals surface area contributed by atoms with Crippen molar-refractivity contribution in [2.75, 3.05) is 0 Å². The second-order valence-corrected chi connectivity index (χ2v) is 5.26. The molecule has 6 heteroatoms. The fourth-order valence-electron chi connectivity index (χ4n) is 1.63. The van der Waals surface area contributed by atoms with Gasteiger partial charge in [-0.05, 0) is 17.7 Å². The van der Waals surface area contributed by atoms with Gasteiger partial charge < -0.3 is 9.67 Å². The van der Waals surface area contributed by atoms with Crippen molar-refractivity contribution in [2.24, 2.45) is 0 Å². The maximum absolute atomic E-state index is 11.4. The first-order chi connectivity index (χ1) is 8.97. The molecule has 0 atom stereocenters.